The third kappa shape index (κ3) is 4.24. The van der Waals surface area contributed by atoms with Gasteiger partial charge in [-0.3, -0.25) is 4.99 Å². The van der Waals surface area contributed by atoms with Crippen molar-refractivity contribution in [1.82, 2.24) is 10.6 Å². The van der Waals surface area contributed by atoms with E-state index < -0.39 is 0 Å². The van der Waals surface area contributed by atoms with Crippen molar-refractivity contribution in [2.24, 2.45) is 4.99 Å². The van der Waals surface area contributed by atoms with Crippen LogP contribution in [-0.2, 0) is 13.0 Å². The number of methoxy groups -OCH3 is 1. The molecule has 0 radical (unpaired) electrons. The van der Waals surface area contributed by atoms with E-state index in [1.165, 1.54) is 11.1 Å². The summed E-state index contributed by atoms with van der Waals surface area (Å²) in [5, 5.41) is 6.67. The molecule has 1 atom stereocenters. The van der Waals surface area contributed by atoms with Gasteiger partial charge in [-0.25, -0.2) is 0 Å². The number of hydrogen-bond donors (Lipinski definition) is 2. The molecule has 1 unspecified atom stereocenters. The molecule has 0 bridgehead atoms. The van der Waals surface area contributed by atoms with Crippen molar-refractivity contribution in [3.8, 4) is 11.5 Å². The van der Waals surface area contributed by atoms with Crippen molar-refractivity contribution in [3.05, 3.63) is 59.2 Å². The Labute approximate surface area is 149 Å². The van der Waals surface area contributed by atoms with E-state index in [2.05, 4.69) is 40.7 Å². The fourth-order valence-corrected chi connectivity index (χ4v) is 2.98. The molecule has 2 aromatic rings. The number of aliphatic imine (C=N–C) groups is 1. The number of nitrogens with one attached hydrogen (secondary N) is 2. The first-order valence-electron chi connectivity index (χ1n) is 8.52. The lowest BCUT2D eigenvalue weighted by molar-refractivity contribution is 0.235. The number of guanidine groups is 1. The second-order valence-electron chi connectivity index (χ2n) is 6.17. The van der Waals surface area contributed by atoms with Crippen molar-refractivity contribution < 1.29 is 9.47 Å². The molecule has 25 heavy (non-hydrogen) atoms. The maximum absolute atomic E-state index is 5.95. The smallest absolute Gasteiger partial charge is 0.191 e. The Morgan fingerprint density at radius 2 is 2.08 bits per heavy atom. The number of rotatable bonds is 5. The van der Waals surface area contributed by atoms with E-state index in [4.69, 9.17) is 9.47 Å². The molecule has 0 spiro atoms. The van der Waals surface area contributed by atoms with Gasteiger partial charge >= 0.3 is 0 Å². The van der Waals surface area contributed by atoms with Crippen molar-refractivity contribution in [2.45, 2.75) is 26.0 Å². The highest BCUT2D eigenvalue weighted by atomic mass is 16.5. The van der Waals surface area contributed by atoms with Gasteiger partial charge in [-0.1, -0.05) is 30.3 Å². The van der Waals surface area contributed by atoms with Gasteiger partial charge in [-0.2, -0.15) is 0 Å². The molecule has 0 saturated heterocycles. The second kappa shape index (κ2) is 7.92. The van der Waals surface area contributed by atoms with E-state index in [-0.39, 0.29) is 6.10 Å². The van der Waals surface area contributed by atoms with Crippen LogP contribution < -0.4 is 20.1 Å². The van der Waals surface area contributed by atoms with Gasteiger partial charge in [0.25, 0.3) is 0 Å². The van der Waals surface area contributed by atoms with Crippen LogP contribution in [0.3, 0.4) is 0 Å². The molecular weight excluding hydrogens is 314 g/mol. The molecule has 0 aromatic heterocycles. The third-order valence-corrected chi connectivity index (χ3v) is 4.32. The number of aryl methyl sites for hydroxylation is 1. The molecule has 0 amide bonds. The topological polar surface area (TPSA) is 54.9 Å². The van der Waals surface area contributed by atoms with Gasteiger partial charge in [-0.15, -0.1) is 0 Å². The normalized spacial score (nSPS) is 16.1. The molecule has 3 rings (SSSR count). The van der Waals surface area contributed by atoms with Crippen LogP contribution in [0, 0.1) is 6.92 Å². The molecule has 1 aliphatic rings. The quantitative estimate of drug-likeness (QED) is 0.650. The number of fused-ring (bicyclic) bond motifs is 1. The predicted molar refractivity (Wildman–Crippen MR) is 100 cm³/mol. The van der Waals surface area contributed by atoms with Crippen LogP contribution in [0.5, 0.6) is 11.5 Å². The average molecular weight is 339 g/mol. The van der Waals surface area contributed by atoms with E-state index in [1.807, 2.05) is 24.3 Å². The van der Waals surface area contributed by atoms with Crippen LogP contribution in [0.25, 0.3) is 0 Å². The average Bonchev–Trinajstić information content (AvgIpc) is 3.05. The molecule has 1 aliphatic heterocycles. The number of ether oxygens (including phenoxy) is 2. The van der Waals surface area contributed by atoms with Crippen molar-refractivity contribution in [1.29, 1.82) is 0 Å². The van der Waals surface area contributed by atoms with E-state index >= 15 is 0 Å². The lowest BCUT2D eigenvalue weighted by atomic mass is 10.1. The SMILES string of the molecule is CN=C(NCc1ccc(C)cc1OC)NCC1Cc2ccccc2O1. The summed E-state index contributed by atoms with van der Waals surface area (Å²) in [6.45, 7) is 3.41. The summed E-state index contributed by atoms with van der Waals surface area (Å²) in [4.78, 5) is 4.28. The zero-order valence-electron chi connectivity index (χ0n) is 15.0. The summed E-state index contributed by atoms with van der Waals surface area (Å²) in [5.74, 6) is 2.63. The molecule has 0 aliphatic carbocycles. The van der Waals surface area contributed by atoms with Crippen LogP contribution in [0.15, 0.2) is 47.5 Å². The summed E-state index contributed by atoms with van der Waals surface area (Å²) in [6, 6.07) is 14.4. The van der Waals surface area contributed by atoms with Crippen LogP contribution in [0.4, 0.5) is 0 Å². The van der Waals surface area contributed by atoms with E-state index in [9.17, 15) is 0 Å². The first-order chi connectivity index (χ1) is 12.2. The van der Waals surface area contributed by atoms with Crippen molar-refractivity contribution in [3.63, 3.8) is 0 Å². The Morgan fingerprint density at radius 3 is 2.84 bits per heavy atom. The van der Waals surface area contributed by atoms with Crippen molar-refractivity contribution >= 4 is 5.96 Å². The summed E-state index contributed by atoms with van der Waals surface area (Å²) in [6.07, 6.45) is 1.05. The predicted octanol–water partition coefficient (Wildman–Crippen LogP) is 2.67. The number of nitrogens with zero attached hydrogens (tertiary/aromatic N) is 1. The monoisotopic (exact) mass is 339 g/mol. The summed E-state index contributed by atoms with van der Waals surface area (Å²) < 4.78 is 11.4. The molecule has 2 N–H and O–H groups in total. The standard InChI is InChI=1S/C20H25N3O2/c1-14-8-9-16(19(10-14)24-3)12-22-20(21-2)23-13-17-11-15-6-4-5-7-18(15)25-17/h4-10,17H,11-13H2,1-3H3,(H2,21,22,23). The fourth-order valence-electron chi connectivity index (χ4n) is 2.98. The maximum atomic E-state index is 5.95. The highest BCUT2D eigenvalue weighted by Gasteiger charge is 2.22. The molecule has 0 fully saturated rings. The zero-order chi connectivity index (χ0) is 17.6. The first-order valence-corrected chi connectivity index (χ1v) is 8.52. The summed E-state index contributed by atoms with van der Waals surface area (Å²) in [5.41, 5.74) is 3.54. The van der Waals surface area contributed by atoms with Gasteiger partial charge in [0, 0.05) is 25.6 Å². The Hall–Kier alpha value is -2.69. The number of para-hydroxylation sites is 1. The summed E-state index contributed by atoms with van der Waals surface area (Å²) in [7, 11) is 3.46. The minimum Gasteiger partial charge on any atom is -0.496 e. The Balaban J connectivity index is 1.51. The Kier molecular flexibility index (Phi) is 5.43. The Morgan fingerprint density at radius 1 is 1.24 bits per heavy atom. The molecule has 0 saturated carbocycles. The van der Waals surface area contributed by atoms with Crippen LogP contribution in [0.1, 0.15) is 16.7 Å². The van der Waals surface area contributed by atoms with Gasteiger partial charge in [-0.05, 0) is 30.2 Å². The van der Waals surface area contributed by atoms with E-state index in [0.29, 0.717) is 13.1 Å². The minimum atomic E-state index is 0.130. The molecule has 5 nitrogen and oxygen atoms in total. The first kappa shape index (κ1) is 17.1. The van der Waals surface area contributed by atoms with Gasteiger partial charge in [0.2, 0.25) is 0 Å². The lowest BCUT2D eigenvalue weighted by Gasteiger charge is -2.16. The molecule has 5 heteroatoms. The zero-order valence-corrected chi connectivity index (χ0v) is 15.0. The van der Waals surface area contributed by atoms with Gasteiger partial charge in [0.05, 0.1) is 13.7 Å². The van der Waals surface area contributed by atoms with Crippen LogP contribution in [0.2, 0.25) is 0 Å². The lowest BCUT2D eigenvalue weighted by Crippen LogP contribution is -2.42. The largest absolute Gasteiger partial charge is 0.496 e. The summed E-state index contributed by atoms with van der Waals surface area (Å²) >= 11 is 0. The Bertz CT molecular complexity index is 733. The van der Waals surface area contributed by atoms with E-state index in [1.54, 1.807) is 14.2 Å². The fraction of sp³-hybridized carbons (Fsp3) is 0.350. The van der Waals surface area contributed by atoms with Crippen LogP contribution >= 0.6 is 0 Å². The molecule has 2 aromatic carbocycles. The molecular formula is C20H25N3O2. The highest BCUT2D eigenvalue weighted by Crippen LogP contribution is 2.27. The van der Waals surface area contributed by atoms with Gasteiger partial charge in [0.1, 0.15) is 17.6 Å². The molecule has 132 valence electrons. The third-order valence-electron chi connectivity index (χ3n) is 4.32. The number of benzene rings is 2. The highest BCUT2D eigenvalue weighted by molar-refractivity contribution is 5.79. The second-order valence-corrected chi connectivity index (χ2v) is 6.17. The number of hydrogen-bond acceptors (Lipinski definition) is 3. The minimum absolute atomic E-state index is 0.130. The maximum Gasteiger partial charge on any atom is 0.191 e. The van der Waals surface area contributed by atoms with Gasteiger partial charge in [0.15, 0.2) is 5.96 Å². The van der Waals surface area contributed by atoms with Crippen molar-refractivity contribution in [2.75, 3.05) is 20.7 Å². The molecule has 1 heterocycles. The van der Waals surface area contributed by atoms with Gasteiger partial charge < -0.3 is 20.1 Å². The van der Waals surface area contributed by atoms with Crippen LogP contribution in [-0.4, -0.2) is 32.8 Å². The van der Waals surface area contributed by atoms with E-state index in [0.717, 1.165) is 29.4 Å².